The highest BCUT2D eigenvalue weighted by atomic mass is 32.2. The summed E-state index contributed by atoms with van der Waals surface area (Å²) in [5.41, 5.74) is 0.547. The highest BCUT2D eigenvalue weighted by Crippen LogP contribution is 2.09. The fourth-order valence-electron chi connectivity index (χ4n) is 1.44. The largest absolute Gasteiger partial charge is 0.351 e. The standard InChI is InChI=1S/C13H21N3O3S/c1-13(2,3)16-9-12(17)15-8-10-5-4-6-11(7-10)20(14,18)19/h4-7,16H,8-9H2,1-3H3,(H,15,17)(H2,14,18,19). The van der Waals surface area contributed by atoms with Crippen LogP contribution in [0.5, 0.6) is 0 Å². The molecule has 6 nitrogen and oxygen atoms in total. The molecule has 0 unspecified atom stereocenters. The normalized spacial score (nSPS) is 12.2. The van der Waals surface area contributed by atoms with Crippen LogP contribution in [-0.4, -0.2) is 26.4 Å². The zero-order valence-corrected chi connectivity index (χ0v) is 12.8. The number of amides is 1. The first-order valence-electron chi connectivity index (χ1n) is 6.21. The van der Waals surface area contributed by atoms with Crippen LogP contribution in [0.1, 0.15) is 26.3 Å². The third kappa shape index (κ3) is 6.14. The number of hydrogen-bond acceptors (Lipinski definition) is 4. The van der Waals surface area contributed by atoms with Gasteiger partial charge in [-0.2, -0.15) is 0 Å². The van der Waals surface area contributed by atoms with Crippen LogP contribution in [0.3, 0.4) is 0 Å². The molecule has 1 rings (SSSR count). The second kappa shape index (κ2) is 6.34. The average Bonchev–Trinajstić information content (AvgIpc) is 2.32. The highest BCUT2D eigenvalue weighted by molar-refractivity contribution is 7.89. The van der Waals surface area contributed by atoms with E-state index in [0.29, 0.717) is 5.56 Å². The van der Waals surface area contributed by atoms with E-state index in [1.807, 2.05) is 20.8 Å². The maximum atomic E-state index is 11.6. The third-order valence-electron chi connectivity index (χ3n) is 2.50. The summed E-state index contributed by atoms with van der Waals surface area (Å²) in [4.78, 5) is 11.7. The van der Waals surface area contributed by atoms with E-state index in [-0.39, 0.29) is 29.4 Å². The second-order valence-corrected chi connectivity index (χ2v) is 7.13. The van der Waals surface area contributed by atoms with Gasteiger partial charge in [-0.15, -0.1) is 0 Å². The molecule has 112 valence electrons. The van der Waals surface area contributed by atoms with Crippen molar-refractivity contribution >= 4 is 15.9 Å². The van der Waals surface area contributed by atoms with Gasteiger partial charge in [0, 0.05) is 12.1 Å². The fourth-order valence-corrected chi connectivity index (χ4v) is 2.02. The van der Waals surface area contributed by atoms with Gasteiger partial charge in [0.2, 0.25) is 15.9 Å². The lowest BCUT2D eigenvalue weighted by molar-refractivity contribution is -0.120. The smallest absolute Gasteiger partial charge is 0.238 e. The Balaban J connectivity index is 2.56. The van der Waals surface area contributed by atoms with E-state index in [1.165, 1.54) is 12.1 Å². The first kappa shape index (κ1) is 16.6. The van der Waals surface area contributed by atoms with E-state index >= 15 is 0 Å². The molecule has 0 saturated carbocycles. The molecule has 0 aromatic heterocycles. The van der Waals surface area contributed by atoms with Gasteiger partial charge in [0.05, 0.1) is 11.4 Å². The van der Waals surface area contributed by atoms with Gasteiger partial charge >= 0.3 is 0 Å². The number of nitrogens with two attached hydrogens (primary N) is 1. The second-order valence-electron chi connectivity index (χ2n) is 5.57. The van der Waals surface area contributed by atoms with Crippen molar-refractivity contribution in [1.82, 2.24) is 10.6 Å². The summed E-state index contributed by atoms with van der Waals surface area (Å²) in [6.45, 7) is 6.37. The van der Waals surface area contributed by atoms with Crippen LogP contribution >= 0.6 is 0 Å². The van der Waals surface area contributed by atoms with Crippen LogP contribution in [0.4, 0.5) is 0 Å². The molecule has 0 fully saturated rings. The maximum Gasteiger partial charge on any atom is 0.238 e. The van der Waals surface area contributed by atoms with Gasteiger partial charge in [0.1, 0.15) is 0 Å². The Morgan fingerprint density at radius 2 is 1.95 bits per heavy atom. The molecule has 20 heavy (non-hydrogen) atoms. The van der Waals surface area contributed by atoms with Crippen molar-refractivity contribution in [3.05, 3.63) is 29.8 Å². The molecule has 4 N–H and O–H groups in total. The first-order valence-corrected chi connectivity index (χ1v) is 7.76. The summed E-state index contributed by atoms with van der Waals surface area (Å²) >= 11 is 0. The third-order valence-corrected chi connectivity index (χ3v) is 3.41. The van der Waals surface area contributed by atoms with Gasteiger partial charge in [0.25, 0.3) is 0 Å². The molecule has 1 aromatic rings. The van der Waals surface area contributed by atoms with Gasteiger partial charge < -0.3 is 10.6 Å². The van der Waals surface area contributed by atoms with Gasteiger partial charge in [0.15, 0.2) is 0 Å². The summed E-state index contributed by atoms with van der Waals surface area (Å²) in [5, 5.41) is 10.8. The Morgan fingerprint density at radius 1 is 1.30 bits per heavy atom. The molecule has 7 heteroatoms. The molecule has 0 atom stereocenters. The monoisotopic (exact) mass is 299 g/mol. The van der Waals surface area contributed by atoms with E-state index in [4.69, 9.17) is 5.14 Å². The number of carbonyl (C=O) groups excluding carboxylic acids is 1. The molecular formula is C13H21N3O3S. The Labute approximate surface area is 119 Å². The van der Waals surface area contributed by atoms with Crippen molar-refractivity contribution in [2.75, 3.05) is 6.54 Å². The van der Waals surface area contributed by atoms with Crippen LogP contribution in [0.2, 0.25) is 0 Å². The van der Waals surface area contributed by atoms with Gasteiger partial charge in [-0.3, -0.25) is 4.79 Å². The predicted octanol–water partition coefficient (Wildman–Crippen LogP) is 0.338. The minimum atomic E-state index is -3.72. The number of primary sulfonamides is 1. The molecule has 1 amide bonds. The van der Waals surface area contributed by atoms with Crippen LogP contribution in [0.25, 0.3) is 0 Å². The molecule has 0 aliphatic rings. The fraction of sp³-hybridized carbons (Fsp3) is 0.462. The Morgan fingerprint density at radius 3 is 2.50 bits per heavy atom. The molecule has 0 heterocycles. The highest BCUT2D eigenvalue weighted by Gasteiger charge is 2.11. The molecule has 0 radical (unpaired) electrons. The number of hydrogen-bond donors (Lipinski definition) is 3. The van der Waals surface area contributed by atoms with E-state index in [2.05, 4.69) is 10.6 Å². The SMILES string of the molecule is CC(C)(C)NCC(=O)NCc1cccc(S(N)(=O)=O)c1. The van der Waals surface area contributed by atoms with E-state index < -0.39 is 10.0 Å². The summed E-state index contributed by atoms with van der Waals surface area (Å²) < 4.78 is 22.4. The van der Waals surface area contributed by atoms with Gasteiger partial charge in [-0.1, -0.05) is 12.1 Å². The molecule has 0 bridgehead atoms. The van der Waals surface area contributed by atoms with Gasteiger partial charge in [-0.25, -0.2) is 13.6 Å². The van der Waals surface area contributed by atoms with Crippen LogP contribution in [0, 0.1) is 0 Å². The average molecular weight is 299 g/mol. The maximum absolute atomic E-state index is 11.6. The van der Waals surface area contributed by atoms with E-state index in [9.17, 15) is 13.2 Å². The van der Waals surface area contributed by atoms with E-state index in [0.717, 1.165) is 0 Å². The van der Waals surface area contributed by atoms with Crippen molar-refractivity contribution in [3.63, 3.8) is 0 Å². The van der Waals surface area contributed by atoms with Crippen LogP contribution < -0.4 is 15.8 Å². The van der Waals surface area contributed by atoms with Gasteiger partial charge in [-0.05, 0) is 38.5 Å². The van der Waals surface area contributed by atoms with Crippen molar-refractivity contribution < 1.29 is 13.2 Å². The van der Waals surface area contributed by atoms with Crippen LogP contribution in [0.15, 0.2) is 29.2 Å². The topological polar surface area (TPSA) is 101 Å². The molecule has 0 aliphatic carbocycles. The van der Waals surface area contributed by atoms with Crippen molar-refractivity contribution in [2.45, 2.75) is 37.8 Å². The van der Waals surface area contributed by atoms with Crippen molar-refractivity contribution in [3.8, 4) is 0 Å². The quantitative estimate of drug-likeness (QED) is 0.729. The summed E-state index contributed by atoms with van der Waals surface area (Å²) in [6, 6.07) is 6.19. The number of benzene rings is 1. The Kier molecular flexibility index (Phi) is 5.27. The lowest BCUT2D eigenvalue weighted by atomic mass is 10.1. The zero-order valence-electron chi connectivity index (χ0n) is 11.9. The first-order chi connectivity index (χ1) is 9.08. The number of sulfonamides is 1. The lowest BCUT2D eigenvalue weighted by Crippen LogP contribution is -2.43. The molecular weight excluding hydrogens is 278 g/mol. The number of carbonyl (C=O) groups is 1. The summed E-state index contributed by atoms with van der Waals surface area (Å²) in [6.07, 6.45) is 0. The van der Waals surface area contributed by atoms with Crippen LogP contribution in [-0.2, 0) is 21.4 Å². The lowest BCUT2D eigenvalue weighted by Gasteiger charge is -2.20. The van der Waals surface area contributed by atoms with Crippen molar-refractivity contribution in [2.24, 2.45) is 5.14 Å². The molecule has 0 aliphatic heterocycles. The van der Waals surface area contributed by atoms with Crippen molar-refractivity contribution in [1.29, 1.82) is 0 Å². The zero-order chi connectivity index (χ0) is 15.4. The Hall–Kier alpha value is -1.44. The predicted molar refractivity (Wildman–Crippen MR) is 77.4 cm³/mol. The summed E-state index contributed by atoms with van der Waals surface area (Å²) in [7, 11) is -3.72. The molecule has 1 aromatic carbocycles. The minimum Gasteiger partial charge on any atom is -0.351 e. The Bertz CT molecular complexity index is 577. The number of nitrogens with one attached hydrogen (secondary N) is 2. The molecule has 0 spiro atoms. The van der Waals surface area contributed by atoms with E-state index in [1.54, 1.807) is 12.1 Å². The summed E-state index contributed by atoms with van der Waals surface area (Å²) in [5.74, 6) is -0.152. The minimum absolute atomic E-state index is 0.0389. The molecule has 0 saturated heterocycles. The number of rotatable bonds is 5.